The highest BCUT2D eigenvalue weighted by Gasteiger charge is 2.16. The number of nitro groups is 1. The maximum Gasteiger partial charge on any atom is 0.312 e. The molecule has 0 spiro atoms. The minimum Gasteiger partial charge on any atom is -0.359 e. The van der Waals surface area contributed by atoms with Crippen molar-refractivity contribution in [2.45, 2.75) is 6.54 Å². The van der Waals surface area contributed by atoms with Crippen LogP contribution in [0.15, 0.2) is 28.2 Å². The Labute approximate surface area is 121 Å². The molecule has 2 heterocycles. The number of nitrogens with zero attached hydrogens (tertiary/aromatic N) is 3. The number of nitriles is 1. The zero-order valence-electron chi connectivity index (χ0n) is 9.46. The van der Waals surface area contributed by atoms with E-state index in [-0.39, 0.29) is 17.1 Å². The first-order valence-corrected chi connectivity index (χ1v) is 6.73. The predicted molar refractivity (Wildman–Crippen MR) is 75.0 cm³/mol. The number of nitrogens with one attached hydrogen (secondary N) is 1. The lowest BCUT2D eigenvalue weighted by Gasteiger charge is -2.04. The van der Waals surface area contributed by atoms with Crippen LogP contribution in [0.1, 0.15) is 10.4 Å². The van der Waals surface area contributed by atoms with Crippen LogP contribution in [0.25, 0.3) is 0 Å². The summed E-state index contributed by atoms with van der Waals surface area (Å²) in [6, 6.07) is 6.85. The summed E-state index contributed by atoms with van der Waals surface area (Å²) in [6.07, 6.45) is 1.31. The van der Waals surface area contributed by atoms with E-state index in [4.69, 9.17) is 5.26 Å². The van der Waals surface area contributed by atoms with Gasteiger partial charge >= 0.3 is 5.69 Å². The number of halogens is 1. The maximum absolute atomic E-state index is 10.9. The lowest BCUT2D eigenvalue weighted by molar-refractivity contribution is -0.384. The Morgan fingerprint density at radius 1 is 1.58 bits per heavy atom. The molecule has 2 aromatic heterocycles. The average molecular weight is 339 g/mol. The van der Waals surface area contributed by atoms with E-state index in [0.717, 1.165) is 8.66 Å². The molecule has 19 heavy (non-hydrogen) atoms. The zero-order chi connectivity index (χ0) is 13.8. The van der Waals surface area contributed by atoms with Crippen LogP contribution in [0.2, 0.25) is 0 Å². The monoisotopic (exact) mass is 338 g/mol. The molecule has 0 unspecified atom stereocenters. The van der Waals surface area contributed by atoms with Crippen molar-refractivity contribution in [2.24, 2.45) is 0 Å². The Balaban J connectivity index is 2.20. The van der Waals surface area contributed by atoms with E-state index in [0.29, 0.717) is 6.54 Å². The van der Waals surface area contributed by atoms with Gasteiger partial charge in [0.25, 0.3) is 0 Å². The van der Waals surface area contributed by atoms with Gasteiger partial charge in [-0.05, 0) is 28.1 Å². The van der Waals surface area contributed by atoms with E-state index < -0.39 is 4.92 Å². The normalized spacial score (nSPS) is 9.89. The van der Waals surface area contributed by atoms with Gasteiger partial charge in [-0.2, -0.15) is 5.26 Å². The number of hydrogen-bond donors (Lipinski definition) is 1. The standard InChI is InChI=1S/C11H7BrN4O2S/c12-10-2-1-8(19-10)6-15-11-9(16(17)18)3-7(4-13)5-14-11/h1-3,5H,6H2,(H,14,15). The number of pyridine rings is 1. The van der Waals surface area contributed by atoms with Crippen LogP contribution in [-0.4, -0.2) is 9.91 Å². The second kappa shape index (κ2) is 5.77. The van der Waals surface area contributed by atoms with Gasteiger partial charge < -0.3 is 5.32 Å². The molecule has 0 bridgehead atoms. The lowest BCUT2D eigenvalue weighted by Crippen LogP contribution is -2.04. The average Bonchev–Trinajstić information content (AvgIpc) is 2.82. The number of hydrogen-bond acceptors (Lipinski definition) is 6. The zero-order valence-corrected chi connectivity index (χ0v) is 11.9. The van der Waals surface area contributed by atoms with Crippen LogP contribution in [0.5, 0.6) is 0 Å². The molecule has 0 saturated carbocycles. The highest BCUT2D eigenvalue weighted by Crippen LogP contribution is 2.26. The molecule has 6 nitrogen and oxygen atoms in total. The van der Waals surface area contributed by atoms with Crippen molar-refractivity contribution in [3.05, 3.63) is 48.7 Å². The summed E-state index contributed by atoms with van der Waals surface area (Å²) >= 11 is 4.88. The van der Waals surface area contributed by atoms with Crippen LogP contribution < -0.4 is 5.32 Å². The maximum atomic E-state index is 10.9. The van der Waals surface area contributed by atoms with Gasteiger partial charge in [-0.25, -0.2) is 4.98 Å². The van der Waals surface area contributed by atoms with Crippen LogP contribution in [-0.2, 0) is 6.54 Å². The van der Waals surface area contributed by atoms with Gasteiger partial charge in [-0.15, -0.1) is 11.3 Å². The fourth-order valence-corrected chi connectivity index (χ4v) is 2.83. The molecule has 0 aromatic carbocycles. The fourth-order valence-electron chi connectivity index (χ4n) is 1.41. The van der Waals surface area contributed by atoms with Gasteiger partial charge in [0, 0.05) is 17.1 Å². The second-order valence-corrected chi connectivity index (χ2v) is 6.07. The number of anilines is 1. The van der Waals surface area contributed by atoms with Crippen LogP contribution in [0, 0.1) is 21.4 Å². The Kier molecular flexibility index (Phi) is 4.09. The first-order chi connectivity index (χ1) is 9.10. The summed E-state index contributed by atoms with van der Waals surface area (Å²) in [5, 5.41) is 22.5. The van der Waals surface area contributed by atoms with Crippen molar-refractivity contribution in [1.82, 2.24) is 4.98 Å². The largest absolute Gasteiger partial charge is 0.359 e. The second-order valence-electron chi connectivity index (χ2n) is 3.52. The quantitative estimate of drug-likeness (QED) is 0.682. The molecule has 2 aromatic rings. The molecule has 0 radical (unpaired) electrons. The molecule has 0 fully saturated rings. The van der Waals surface area contributed by atoms with Gasteiger partial charge in [0.15, 0.2) is 0 Å². The molecular formula is C11H7BrN4O2S. The van der Waals surface area contributed by atoms with Crippen molar-refractivity contribution in [3.8, 4) is 6.07 Å². The molecule has 0 aliphatic heterocycles. The van der Waals surface area contributed by atoms with Gasteiger partial charge in [-0.1, -0.05) is 0 Å². The molecule has 0 amide bonds. The van der Waals surface area contributed by atoms with Crippen molar-refractivity contribution < 1.29 is 4.92 Å². The van der Waals surface area contributed by atoms with E-state index in [9.17, 15) is 10.1 Å². The summed E-state index contributed by atoms with van der Waals surface area (Å²) in [6.45, 7) is 0.440. The topological polar surface area (TPSA) is 91.8 Å². The Bertz CT molecular complexity index is 665. The molecule has 0 aliphatic rings. The van der Waals surface area contributed by atoms with Crippen molar-refractivity contribution >= 4 is 38.8 Å². The Morgan fingerprint density at radius 2 is 2.37 bits per heavy atom. The SMILES string of the molecule is N#Cc1cnc(NCc2ccc(Br)s2)c([N+](=O)[O-])c1. The number of thiophene rings is 1. The van der Waals surface area contributed by atoms with E-state index >= 15 is 0 Å². The van der Waals surface area contributed by atoms with E-state index in [1.165, 1.54) is 23.6 Å². The third-order valence-electron chi connectivity index (χ3n) is 2.25. The summed E-state index contributed by atoms with van der Waals surface area (Å²) < 4.78 is 0.992. The van der Waals surface area contributed by atoms with Gasteiger partial charge in [-0.3, -0.25) is 10.1 Å². The minimum atomic E-state index is -0.555. The van der Waals surface area contributed by atoms with Crippen molar-refractivity contribution in [2.75, 3.05) is 5.32 Å². The first-order valence-electron chi connectivity index (χ1n) is 5.13. The molecular weight excluding hydrogens is 332 g/mol. The highest BCUT2D eigenvalue weighted by molar-refractivity contribution is 9.11. The summed E-state index contributed by atoms with van der Waals surface area (Å²) in [5.74, 6) is 0.161. The molecule has 0 atom stereocenters. The third kappa shape index (κ3) is 3.27. The first kappa shape index (κ1) is 13.5. The molecule has 2 rings (SSSR count). The van der Waals surface area contributed by atoms with E-state index in [1.54, 1.807) is 0 Å². The van der Waals surface area contributed by atoms with Crippen molar-refractivity contribution in [3.63, 3.8) is 0 Å². The van der Waals surface area contributed by atoms with Crippen LogP contribution >= 0.6 is 27.3 Å². The number of rotatable bonds is 4. The van der Waals surface area contributed by atoms with E-state index in [2.05, 4.69) is 26.2 Å². The Morgan fingerprint density at radius 3 is 2.95 bits per heavy atom. The highest BCUT2D eigenvalue weighted by atomic mass is 79.9. The van der Waals surface area contributed by atoms with Gasteiger partial charge in [0.05, 0.1) is 20.8 Å². The Hall–Kier alpha value is -1.98. The third-order valence-corrected chi connectivity index (χ3v) is 3.88. The predicted octanol–water partition coefficient (Wildman–Crippen LogP) is 3.30. The minimum absolute atomic E-state index is 0.161. The summed E-state index contributed by atoms with van der Waals surface area (Å²) in [7, 11) is 0. The van der Waals surface area contributed by atoms with Gasteiger partial charge in [0.1, 0.15) is 6.07 Å². The molecule has 1 N–H and O–H groups in total. The molecule has 0 saturated heterocycles. The molecule has 8 heteroatoms. The fraction of sp³-hybridized carbons (Fsp3) is 0.0909. The summed E-state index contributed by atoms with van der Waals surface area (Å²) in [4.78, 5) is 15.3. The lowest BCUT2D eigenvalue weighted by atomic mass is 10.2. The van der Waals surface area contributed by atoms with Crippen LogP contribution in [0.3, 0.4) is 0 Å². The van der Waals surface area contributed by atoms with Crippen LogP contribution in [0.4, 0.5) is 11.5 Å². The molecule has 96 valence electrons. The summed E-state index contributed by atoms with van der Waals surface area (Å²) in [5.41, 5.74) is -0.0363. The van der Waals surface area contributed by atoms with E-state index in [1.807, 2.05) is 18.2 Å². The number of aromatic nitrogens is 1. The molecule has 0 aliphatic carbocycles. The van der Waals surface area contributed by atoms with Gasteiger partial charge in [0.2, 0.25) is 5.82 Å². The smallest absolute Gasteiger partial charge is 0.312 e. The van der Waals surface area contributed by atoms with Crippen molar-refractivity contribution in [1.29, 1.82) is 5.26 Å².